The lowest BCUT2D eigenvalue weighted by Crippen LogP contribution is -2.34. The number of carbonyl (C=O) groups is 1. The second kappa shape index (κ2) is 7.20. The van der Waals surface area contributed by atoms with E-state index >= 15 is 0 Å². The van der Waals surface area contributed by atoms with Gasteiger partial charge >= 0.3 is 0 Å². The molecule has 1 aromatic heterocycles. The van der Waals surface area contributed by atoms with Crippen LogP contribution < -0.4 is 5.32 Å². The van der Waals surface area contributed by atoms with Crippen molar-refractivity contribution in [2.75, 3.05) is 12.4 Å². The van der Waals surface area contributed by atoms with Crippen molar-refractivity contribution in [3.63, 3.8) is 0 Å². The molecule has 0 unspecified atom stereocenters. The molecule has 1 amide bonds. The number of nitrogens with zero attached hydrogens (tertiary/aromatic N) is 2. The van der Waals surface area contributed by atoms with Gasteiger partial charge in [-0.25, -0.2) is 0 Å². The first kappa shape index (κ1) is 16.4. The Labute approximate surface area is 124 Å². The zero-order chi connectivity index (χ0) is 14.5. The number of amides is 1. The number of halogens is 1. The molecule has 0 bridgehead atoms. The first-order valence-electron chi connectivity index (χ1n) is 6.54. The van der Waals surface area contributed by atoms with Crippen molar-refractivity contribution >= 4 is 29.0 Å². The first-order chi connectivity index (χ1) is 8.87. The van der Waals surface area contributed by atoms with Crippen molar-refractivity contribution in [3.05, 3.63) is 10.6 Å². The molecular weight excluding hydrogens is 282 g/mol. The highest BCUT2D eigenvalue weighted by Gasteiger charge is 2.22. The van der Waals surface area contributed by atoms with E-state index in [2.05, 4.69) is 28.8 Å². The van der Waals surface area contributed by atoms with Crippen LogP contribution in [0.5, 0.6) is 0 Å². The smallest absolute Gasteiger partial charge is 0.264 e. The molecule has 1 rings (SSSR count). The van der Waals surface area contributed by atoms with Crippen LogP contribution in [0.1, 0.15) is 61.8 Å². The molecule has 0 saturated heterocycles. The van der Waals surface area contributed by atoms with Gasteiger partial charge in [-0.05, 0) is 35.7 Å². The van der Waals surface area contributed by atoms with Gasteiger partial charge in [0, 0.05) is 12.4 Å². The molecule has 6 heteroatoms. The van der Waals surface area contributed by atoms with Crippen molar-refractivity contribution in [1.82, 2.24) is 14.9 Å². The normalized spacial score (nSPS) is 11.9. The maximum atomic E-state index is 12.1. The number of alkyl halides is 1. The quantitative estimate of drug-likeness (QED) is 0.785. The molecule has 1 N–H and O–H groups in total. The lowest BCUT2D eigenvalue weighted by atomic mass is 9.88. The minimum Gasteiger partial charge on any atom is -0.351 e. The maximum Gasteiger partial charge on any atom is 0.264 e. The molecule has 0 saturated carbocycles. The fourth-order valence-corrected chi connectivity index (χ4v) is 2.64. The van der Waals surface area contributed by atoms with E-state index in [9.17, 15) is 4.79 Å². The third kappa shape index (κ3) is 5.07. The van der Waals surface area contributed by atoms with Crippen molar-refractivity contribution in [3.8, 4) is 0 Å². The number of hydrogen-bond donors (Lipinski definition) is 1. The van der Waals surface area contributed by atoms with Crippen LogP contribution in [-0.2, 0) is 0 Å². The molecule has 0 atom stereocenters. The van der Waals surface area contributed by atoms with E-state index in [1.165, 1.54) is 0 Å². The van der Waals surface area contributed by atoms with Gasteiger partial charge in [0.1, 0.15) is 4.88 Å². The average molecular weight is 304 g/mol. The Kier molecular flexibility index (Phi) is 6.20. The standard InChI is InChI=1S/C13H22ClN3OS/c1-9(2)10-11(19-17-16-10)12(18)15-8-13(3,4)6-5-7-14/h9H,5-8H2,1-4H3,(H,15,18). The summed E-state index contributed by atoms with van der Waals surface area (Å²) in [5, 5.41) is 7.00. The van der Waals surface area contributed by atoms with E-state index in [0.717, 1.165) is 30.1 Å². The predicted molar refractivity (Wildman–Crippen MR) is 80.1 cm³/mol. The summed E-state index contributed by atoms with van der Waals surface area (Å²) in [6.07, 6.45) is 1.96. The molecule has 1 aromatic rings. The van der Waals surface area contributed by atoms with Gasteiger partial charge in [0.15, 0.2) is 0 Å². The Morgan fingerprint density at radius 2 is 2.16 bits per heavy atom. The summed E-state index contributed by atoms with van der Waals surface area (Å²) < 4.78 is 3.87. The fourth-order valence-electron chi connectivity index (χ4n) is 1.77. The Hall–Kier alpha value is -0.680. The van der Waals surface area contributed by atoms with Gasteiger partial charge in [0.25, 0.3) is 5.91 Å². The van der Waals surface area contributed by atoms with Crippen molar-refractivity contribution in [2.45, 2.75) is 46.5 Å². The number of aromatic nitrogens is 2. The Morgan fingerprint density at radius 1 is 1.47 bits per heavy atom. The third-order valence-electron chi connectivity index (χ3n) is 2.98. The zero-order valence-corrected chi connectivity index (χ0v) is 13.6. The second-order valence-corrected chi connectivity index (χ2v) is 6.91. The van der Waals surface area contributed by atoms with E-state index in [0.29, 0.717) is 17.3 Å². The topological polar surface area (TPSA) is 54.9 Å². The molecule has 0 spiro atoms. The van der Waals surface area contributed by atoms with E-state index in [1.54, 1.807) is 0 Å². The first-order valence-corrected chi connectivity index (χ1v) is 7.84. The molecular formula is C13H22ClN3OS. The average Bonchev–Trinajstić information content (AvgIpc) is 2.83. The van der Waals surface area contributed by atoms with Gasteiger partial charge in [-0.15, -0.1) is 16.7 Å². The van der Waals surface area contributed by atoms with Gasteiger partial charge in [0.2, 0.25) is 0 Å². The summed E-state index contributed by atoms with van der Waals surface area (Å²) in [6, 6.07) is 0. The summed E-state index contributed by atoms with van der Waals surface area (Å²) in [6.45, 7) is 8.93. The SMILES string of the molecule is CC(C)c1nnsc1C(=O)NCC(C)(C)CCCCl. The summed E-state index contributed by atoms with van der Waals surface area (Å²) in [7, 11) is 0. The maximum absolute atomic E-state index is 12.1. The van der Waals surface area contributed by atoms with Crippen LogP contribution in [0.3, 0.4) is 0 Å². The fraction of sp³-hybridized carbons (Fsp3) is 0.769. The van der Waals surface area contributed by atoms with E-state index in [4.69, 9.17) is 11.6 Å². The van der Waals surface area contributed by atoms with Crippen LogP contribution in [0, 0.1) is 5.41 Å². The summed E-state index contributed by atoms with van der Waals surface area (Å²) in [5.41, 5.74) is 0.835. The molecule has 0 fully saturated rings. The molecule has 0 radical (unpaired) electrons. The largest absolute Gasteiger partial charge is 0.351 e. The number of nitrogens with one attached hydrogen (secondary N) is 1. The van der Waals surface area contributed by atoms with Gasteiger partial charge < -0.3 is 5.32 Å². The Morgan fingerprint density at radius 3 is 2.74 bits per heavy atom. The Balaban J connectivity index is 2.58. The highest BCUT2D eigenvalue weighted by Crippen LogP contribution is 2.23. The lowest BCUT2D eigenvalue weighted by molar-refractivity contribution is 0.0937. The molecule has 0 aromatic carbocycles. The molecule has 4 nitrogen and oxygen atoms in total. The van der Waals surface area contributed by atoms with Crippen LogP contribution in [0.2, 0.25) is 0 Å². The van der Waals surface area contributed by atoms with Crippen molar-refractivity contribution in [2.24, 2.45) is 5.41 Å². The Bertz CT molecular complexity index is 418. The molecule has 0 aliphatic heterocycles. The van der Waals surface area contributed by atoms with Crippen molar-refractivity contribution < 1.29 is 4.79 Å². The number of carbonyl (C=O) groups excluding carboxylic acids is 1. The highest BCUT2D eigenvalue weighted by atomic mass is 35.5. The number of hydrogen-bond acceptors (Lipinski definition) is 4. The highest BCUT2D eigenvalue weighted by molar-refractivity contribution is 7.08. The summed E-state index contributed by atoms with van der Waals surface area (Å²) in [4.78, 5) is 12.8. The van der Waals surface area contributed by atoms with Crippen LogP contribution >= 0.6 is 23.1 Å². The molecule has 108 valence electrons. The molecule has 19 heavy (non-hydrogen) atoms. The summed E-state index contributed by atoms with van der Waals surface area (Å²) >= 11 is 6.87. The second-order valence-electron chi connectivity index (χ2n) is 5.78. The third-order valence-corrected chi connectivity index (χ3v) is 3.99. The van der Waals surface area contributed by atoms with Crippen LogP contribution in [0.25, 0.3) is 0 Å². The van der Waals surface area contributed by atoms with Gasteiger partial charge in [-0.2, -0.15) is 0 Å². The molecule has 0 aliphatic rings. The van der Waals surface area contributed by atoms with E-state index in [-0.39, 0.29) is 17.2 Å². The predicted octanol–water partition coefficient (Wildman–Crippen LogP) is 3.44. The molecule has 0 aliphatic carbocycles. The van der Waals surface area contributed by atoms with Crippen LogP contribution in [0.15, 0.2) is 0 Å². The van der Waals surface area contributed by atoms with Crippen LogP contribution in [-0.4, -0.2) is 27.9 Å². The number of rotatable bonds is 7. The zero-order valence-electron chi connectivity index (χ0n) is 12.0. The van der Waals surface area contributed by atoms with Crippen molar-refractivity contribution in [1.29, 1.82) is 0 Å². The van der Waals surface area contributed by atoms with Gasteiger partial charge in [-0.3, -0.25) is 4.79 Å². The van der Waals surface area contributed by atoms with Gasteiger partial charge in [-0.1, -0.05) is 32.2 Å². The van der Waals surface area contributed by atoms with Gasteiger partial charge in [0.05, 0.1) is 5.69 Å². The van der Waals surface area contributed by atoms with E-state index in [1.807, 2.05) is 13.8 Å². The monoisotopic (exact) mass is 303 g/mol. The molecule has 1 heterocycles. The van der Waals surface area contributed by atoms with Crippen LogP contribution in [0.4, 0.5) is 0 Å². The minimum atomic E-state index is -0.0716. The summed E-state index contributed by atoms with van der Waals surface area (Å²) in [5.74, 6) is 0.801. The minimum absolute atomic E-state index is 0.0562. The van der Waals surface area contributed by atoms with E-state index < -0.39 is 0 Å². The lowest BCUT2D eigenvalue weighted by Gasteiger charge is -2.24.